The van der Waals surface area contributed by atoms with Gasteiger partial charge in [0.05, 0.1) is 11.4 Å². The van der Waals surface area contributed by atoms with E-state index in [0.717, 1.165) is 40.5 Å². The number of fused-ring (bicyclic) bond motifs is 1. The van der Waals surface area contributed by atoms with Gasteiger partial charge in [-0.15, -0.1) is 10.2 Å². The standard InChI is InChI=1S/C21H32N6/c1-13(21(3,4)5)9-27-11-16-17(12-27)20(16)22-19-8-7-18(23-24-19)15-10-26(6)25-14(15)2/h7-8,10,13,16-17,20H,9,11-12H2,1-6H3,(H,22,24)/t13?,16-,17-/m1/s1. The van der Waals surface area contributed by atoms with Gasteiger partial charge in [-0.25, -0.2) is 0 Å². The maximum absolute atomic E-state index is 4.40. The molecule has 1 aliphatic carbocycles. The normalized spacial score (nSPS) is 26.1. The van der Waals surface area contributed by atoms with E-state index in [-0.39, 0.29) is 0 Å². The van der Waals surface area contributed by atoms with E-state index in [2.05, 4.69) is 53.2 Å². The lowest BCUT2D eigenvalue weighted by Crippen LogP contribution is -2.35. The summed E-state index contributed by atoms with van der Waals surface area (Å²) in [4.78, 5) is 2.64. The molecule has 0 aromatic carbocycles. The van der Waals surface area contributed by atoms with Gasteiger partial charge >= 0.3 is 0 Å². The molecule has 146 valence electrons. The van der Waals surface area contributed by atoms with Crippen molar-refractivity contribution in [3.05, 3.63) is 24.0 Å². The Hall–Kier alpha value is -1.95. The molecule has 2 aromatic rings. The molecule has 27 heavy (non-hydrogen) atoms. The van der Waals surface area contributed by atoms with E-state index in [0.29, 0.717) is 11.5 Å². The van der Waals surface area contributed by atoms with Gasteiger partial charge in [-0.05, 0) is 42.2 Å². The molecule has 3 atom stereocenters. The average Bonchev–Trinajstić information content (AvgIpc) is 2.93. The number of likely N-dealkylation sites (tertiary alicyclic amines) is 1. The molecule has 2 aliphatic rings. The number of hydrogen-bond acceptors (Lipinski definition) is 5. The minimum absolute atomic E-state index is 0.383. The summed E-state index contributed by atoms with van der Waals surface area (Å²) in [5.41, 5.74) is 3.29. The maximum Gasteiger partial charge on any atom is 0.148 e. The molecule has 2 fully saturated rings. The Labute approximate surface area is 162 Å². The molecule has 0 radical (unpaired) electrons. The van der Waals surface area contributed by atoms with Gasteiger partial charge in [0.2, 0.25) is 0 Å². The molecule has 1 saturated carbocycles. The van der Waals surface area contributed by atoms with Crippen LogP contribution in [0.4, 0.5) is 5.82 Å². The number of nitrogens with zero attached hydrogens (tertiary/aromatic N) is 5. The first kappa shape index (κ1) is 18.4. The summed E-state index contributed by atoms with van der Waals surface area (Å²) in [6, 6.07) is 4.64. The third-order valence-electron chi connectivity index (χ3n) is 6.55. The fourth-order valence-electron chi connectivity index (χ4n) is 4.21. The van der Waals surface area contributed by atoms with Crippen molar-refractivity contribution in [3.63, 3.8) is 0 Å². The van der Waals surface area contributed by atoms with Gasteiger partial charge in [0.1, 0.15) is 5.82 Å². The number of nitrogens with one attached hydrogen (secondary N) is 1. The van der Waals surface area contributed by atoms with E-state index in [1.54, 1.807) is 0 Å². The molecule has 4 rings (SSSR count). The van der Waals surface area contributed by atoms with Crippen LogP contribution >= 0.6 is 0 Å². The summed E-state index contributed by atoms with van der Waals surface area (Å²) >= 11 is 0. The highest BCUT2D eigenvalue weighted by atomic mass is 15.3. The largest absolute Gasteiger partial charge is 0.365 e. The van der Waals surface area contributed by atoms with Crippen LogP contribution in [0.15, 0.2) is 18.3 Å². The van der Waals surface area contributed by atoms with Crippen molar-refractivity contribution < 1.29 is 0 Å². The molecule has 0 bridgehead atoms. The van der Waals surface area contributed by atoms with E-state index in [9.17, 15) is 0 Å². The second-order valence-corrected chi connectivity index (χ2v) is 9.59. The van der Waals surface area contributed by atoms with Crippen LogP contribution in [0.3, 0.4) is 0 Å². The van der Waals surface area contributed by atoms with E-state index < -0.39 is 0 Å². The molecule has 1 aliphatic heterocycles. The molecule has 1 unspecified atom stereocenters. The van der Waals surface area contributed by atoms with E-state index in [4.69, 9.17) is 0 Å². The third kappa shape index (κ3) is 3.72. The first-order valence-electron chi connectivity index (χ1n) is 10.1. The van der Waals surface area contributed by atoms with Crippen molar-refractivity contribution in [2.24, 2.45) is 30.2 Å². The summed E-state index contributed by atoms with van der Waals surface area (Å²) in [5.74, 6) is 3.13. The SMILES string of the molecule is Cc1nn(C)cc1-c1ccc(NC2[C@@H]3CN(CC(C)C(C)(C)C)C[C@@H]23)nn1. The maximum atomic E-state index is 4.40. The second-order valence-electron chi connectivity index (χ2n) is 9.59. The van der Waals surface area contributed by atoms with Crippen LogP contribution in [0.1, 0.15) is 33.4 Å². The molecule has 3 heterocycles. The van der Waals surface area contributed by atoms with E-state index >= 15 is 0 Å². The highest BCUT2D eigenvalue weighted by Crippen LogP contribution is 2.47. The smallest absolute Gasteiger partial charge is 0.148 e. The highest BCUT2D eigenvalue weighted by Gasteiger charge is 2.56. The van der Waals surface area contributed by atoms with Gasteiger partial charge in [-0.2, -0.15) is 5.10 Å². The summed E-state index contributed by atoms with van der Waals surface area (Å²) < 4.78 is 1.82. The molecule has 1 N–H and O–H groups in total. The number of rotatable bonds is 5. The quantitative estimate of drug-likeness (QED) is 0.878. The first-order chi connectivity index (χ1) is 12.7. The molecule has 6 nitrogen and oxygen atoms in total. The van der Waals surface area contributed by atoms with Crippen LogP contribution in [0.25, 0.3) is 11.3 Å². The third-order valence-corrected chi connectivity index (χ3v) is 6.55. The van der Waals surface area contributed by atoms with Gasteiger partial charge in [0.15, 0.2) is 0 Å². The lowest BCUT2D eigenvalue weighted by Gasteiger charge is -2.32. The molecule has 0 amide bonds. The minimum Gasteiger partial charge on any atom is -0.365 e. The molecule has 2 aromatic heterocycles. The van der Waals surface area contributed by atoms with Gasteiger partial charge in [-0.1, -0.05) is 27.7 Å². The van der Waals surface area contributed by atoms with Crippen molar-refractivity contribution in [1.29, 1.82) is 0 Å². The Bertz CT molecular complexity index is 791. The molecule has 6 heteroatoms. The summed E-state index contributed by atoms with van der Waals surface area (Å²) in [7, 11) is 1.93. The van der Waals surface area contributed by atoms with Crippen molar-refractivity contribution in [3.8, 4) is 11.3 Å². The van der Waals surface area contributed by atoms with Crippen molar-refractivity contribution in [2.75, 3.05) is 25.0 Å². The predicted molar refractivity (Wildman–Crippen MR) is 108 cm³/mol. The van der Waals surface area contributed by atoms with Crippen LogP contribution < -0.4 is 5.32 Å². The Balaban J connectivity index is 1.31. The van der Waals surface area contributed by atoms with Crippen LogP contribution in [0, 0.1) is 30.1 Å². The first-order valence-corrected chi connectivity index (χ1v) is 10.1. The summed E-state index contributed by atoms with van der Waals surface area (Å²) in [6.45, 7) is 15.0. The van der Waals surface area contributed by atoms with Gasteiger partial charge in [0.25, 0.3) is 0 Å². The van der Waals surface area contributed by atoms with Crippen LogP contribution in [0.2, 0.25) is 0 Å². The number of aryl methyl sites for hydroxylation is 2. The van der Waals surface area contributed by atoms with Crippen molar-refractivity contribution in [1.82, 2.24) is 24.9 Å². The number of hydrogen-bond donors (Lipinski definition) is 1. The zero-order valence-corrected chi connectivity index (χ0v) is 17.4. The highest BCUT2D eigenvalue weighted by molar-refractivity contribution is 5.61. The van der Waals surface area contributed by atoms with Gasteiger partial charge in [0, 0.05) is 44.5 Å². The second kappa shape index (κ2) is 6.59. The zero-order chi connectivity index (χ0) is 19.3. The minimum atomic E-state index is 0.383. The lowest BCUT2D eigenvalue weighted by molar-refractivity contribution is 0.171. The zero-order valence-electron chi connectivity index (χ0n) is 17.4. The topological polar surface area (TPSA) is 58.9 Å². The van der Waals surface area contributed by atoms with Gasteiger partial charge < -0.3 is 10.2 Å². The fraction of sp³-hybridized carbons (Fsp3) is 0.667. The molecule has 1 saturated heterocycles. The number of anilines is 1. The Kier molecular flexibility index (Phi) is 4.49. The molecular formula is C21H32N6. The predicted octanol–water partition coefficient (Wildman–Crippen LogP) is 3.21. The fourth-order valence-corrected chi connectivity index (χ4v) is 4.21. The van der Waals surface area contributed by atoms with Gasteiger partial charge in [-0.3, -0.25) is 4.68 Å². The monoisotopic (exact) mass is 368 g/mol. The van der Waals surface area contributed by atoms with Crippen molar-refractivity contribution in [2.45, 2.75) is 40.7 Å². The summed E-state index contributed by atoms with van der Waals surface area (Å²) in [6.07, 6.45) is 1.99. The Morgan fingerprint density at radius 2 is 1.89 bits per heavy atom. The Morgan fingerprint density at radius 3 is 2.41 bits per heavy atom. The Morgan fingerprint density at radius 1 is 1.19 bits per heavy atom. The average molecular weight is 369 g/mol. The number of piperidine rings is 1. The molecular weight excluding hydrogens is 336 g/mol. The van der Waals surface area contributed by atoms with Crippen LogP contribution in [-0.2, 0) is 7.05 Å². The van der Waals surface area contributed by atoms with Crippen LogP contribution in [0.5, 0.6) is 0 Å². The summed E-state index contributed by atoms with van der Waals surface area (Å²) in [5, 5.41) is 16.8. The van der Waals surface area contributed by atoms with Crippen molar-refractivity contribution >= 4 is 5.82 Å². The van der Waals surface area contributed by atoms with Crippen LogP contribution in [-0.4, -0.2) is 50.6 Å². The number of aromatic nitrogens is 4. The van der Waals surface area contributed by atoms with E-state index in [1.807, 2.05) is 37.0 Å². The lowest BCUT2D eigenvalue weighted by atomic mass is 9.82. The molecule has 0 spiro atoms. The van der Waals surface area contributed by atoms with E-state index in [1.165, 1.54) is 19.6 Å².